The van der Waals surface area contributed by atoms with E-state index in [2.05, 4.69) is 23.5 Å². The second-order valence-electron chi connectivity index (χ2n) is 3.59. The summed E-state index contributed by atoms with van der Waals surface area (Å²) >= 11 is 0. The zero-order valence-corrected chi connectivity index (χ0v) is 8.23. The molecule has 3 rings (SSSR count). The first-order valence-electron chi connectivity index (χ1n) is 5.01. The van der Waals surface area contributed by atoms with Gasteiger partial charge in [-0.2, -0.15) is 0 Å². The Hall–Kier alpha value is -1.96. The van der Waals surface area contributed by atoms with Crippen LogP contribution in [0.4, 0.5) is 5.69 Å². The fraction of sp³-hybridized carbons (Fsp3) is 0.0769. The van der Waals surface area contributed by atoms with Gasteiger partial charge >= 0.3 is 0 Å². The van der Waals surface area contributed by atoms with E-state index in [1.165, 1.54) is 5.56 Å². The molecule has 15 heavy (non-hydrogen) atoms. The largest absolute Gasteiger partial charge is 0.457 e. The number of fused-ring (bicyclic) bond motifs is 2. The summed E-state index contributed by atoms with van der Waals surface area (Å²) in [5, 5.41) is 3.36. The van der Waals surface area contributed by atoms with Crippen molar-refractivity contribution in [3.8, 4) is 0 Å². The Kier molecular flexibility index (Phi) is 1.85. The minimum Gasteiger partial charge on any atom is -0.457 e. The van der Waals surface area contributed by atoms with Crippen LogP contribution in [0.2, 0.25) is 0 Å². The minimum atomic E-state index is 0.813. The number of benzene rings is 2. The van der Waals surface area contributed by atoms with Crippen LogP contribution in [-0.2, 0) is 6.54 Å². The summed E-state index contributed by atoms with van der Waals surface area (Å²) in [6.45, 7) is 0.813. The monoisotopic (exact) mass is 197 g/mol. The Morgan fingerprint density at radius 1 is 1.00 bits per heavy atom. The van der Waals surface area contributed by atoms with E-state index in [9.17, 15) is 0 Å². The van der Waals surface area contributed by atoms with Crippen LogP contribution in [0.15, 0.2) is 52.9 Å². The molecule has 0 spiro atoms. The van der Waals surface area contributed by atoms with Crippen LogP contribution < -0.4 is 5.32 Å². The second-order valence-corrected chi connectivity index (χ2v) is 3.59. The van der Waals surface area contributed by atoms with Crippen LogP contribution in [0.1, 0.15) is 5.56 Å². The standard InChI is InChI=1S/C13H11NO/c1-2-4-11(5-3-1)14-9-10-8-12-6-7-13(10)15-12/h1-8,14H,9H2. The van der Waals surface area contributed by atoms with E-state index in [1.807, 2.05) is 30.3 Å². The van der Waals surface area contributed by atoms with Crippen LogP contribution >= 0.6 is 0 Å². The van der Waals surface area contributed by atoms with E-state index in [0.717, 1.165) is 23.4 Å². The molecule has 2 heterocycles. The van der Waals surface area contributed by atoms with Crippen molar-refractivity contribution in [2.75, 3.05) is 5.32 Å². The lowest BCUT2D eigenvalue weighted by Crippen LogP contribution is -1.97. The van der Waals surface area contributed by atoms with Crippen molar-refractivity contribution in [3.63, 3.8) is 0 Å². The molecule has 3 aromatic rings. The summed E-state index contributed by atoms with van der Waals surface area (Å²) < 4.78 is 5.46. The predicted octanol–water partition coefficient (Wildman–Crippen LogP) is 3.48. The summed E-state index contributed by atoms with van der Waals surface area (Å²) in [6, 6.07) is 16.2. The number of para-hydroxylation sites is 1. The summed E-state index contributed by atoms with van der Waals surface area (Å²) in [6.07, 6.45) is 0. The maximum Gasteiger partial charge on any atom is 0.132 e. The molecule has 0 aliphatic heterocycles. The van der Waals surface area contributed by atoms with E-state index in [1.54, 1.807) is 0 Å². The number of hydrogen-bond donors (Lipinski definition) is 1. The molecule has 2 aromatic heterocycles. The lowest BCUT2D eigenvalue weighted by Gasteiger charge is -2.03. The number of furan rings is 2. The number of hydrogen-bond acceptors (Lipinski definition) is 2. The van der Waals surface area contributed by atoms with Crippen LogP contribution in [0.3, 0.4) is 0 Å². The summed E-state index contributed by atoms with van der Waals surface area (Å²) in [5.74, 6) is 0. The SMILES string of the molecule is c1ccc(NCc2cc3ccc2o3)cc1. The van der Waals surface area contributed by atoms with Crippen LogP contribution in [0.25, 0.3) is 11.2 Å². The second kappa shape index (κ2) is 3.31. The molecule has 1 N–H and O–H groups in total. The Balaban J connectivity index is 1.74. The lowest BCUT2D eigenvalue weighted by atomic mass is 10.2. The summed E-state index contributed by atoms with van der Waals surface area (Å²) in [4.78, 5) is 0. The first-order valence-corrected chi connectivity index (χ1v) is 5.01. The molecule has 0 aliphatic carbocycles. The van der Waals surface area contributed by atoms with Crippen molar-refractivity contribution in [3.05, 3.63) is 54.1 Å². The molecule has 2 nitrogen and oxygen atoms in total. The molecule has 2 heteroatoms. The van der Waals surface area contributed by atoms with Crippen molar-refractivity contribution in [2.24, 2.45) is 0 Å². The van der Waals surface area contributed by atoms with Crippen molar-refractivity contribution >= 4 is 16.9 Å². The van der Waals surface area contributed by atoms with Crippen molar-refractivity contribution in [2.45, 2.75) is 6.54 Å². The zero-order valence-electron chi connectivity index (χ0n) is 8.23. The molecule has 1 aromatic carbocycles. The smallest absolute Gasteiger partial charge is 0.132 e. The van der Waals surface area contributed by atoms with Gasteiger partial charge in [0, 0.05) is 17.8 Å². The maximum absolute atomic E-state index is 5.46. The van der Waals surface area contributed by atoms with Gasteiger partial charge in [0.15, 0.2) is 0 Å². The van der Waals surface area contributed by atoms with Gasteiger partial charge in [0.1, 0.15) is 11.2 Å². The highest BCUT2D eigenvalue weighted by Crippen LogP contribution is 2.22. The first-order chi connectivity index (χ1) is 7.42. The molecule has 0 radical (unpaired) electrons. The number of anilines is 1. The summed E-state index contributed by atoms with van der Waals surface area (Å²) in [5.41, 5.74) is 4.29. The topological polar surface area (TPSA) is 25.2 Å². The molecular formula is C13H11NO. The third-order valence-electron chi connectivity index (χ3n) is 2.52. The van der Waals surface area contributed by atoms with Gasteiger partial charge in [0.05, 0.1) is 0 Å². The first kappa shape index (κ1) is 8.36. The van der Waals surface area contributed by atoms with E-state index in [-0.39, 0.29) is 0 Å². The predicted molar refractivity (Wildman–Crippen MR) is 61.2 cm³/mol. The molecule has 0 aliphatic rings. The van der Waals surface area contributed by atoms with Gasteiger partial charge in [-0.05, 0) is 30.3 Å². The van der Waals surface area contributed by atoms with Gasteiger partial charge in [-0.1, -0.05) is 18.2 Å². The molecule has 0 fully saturated rings. The Morgan fingerprint density at radius 2 is 1.87 bits per heavy atom. The highest BCUT2D eigenvalue weighted by Gasteiger charge is 2.05. The molecule has 0 amide bonds. The molecule has 0 unspecified atom stereocenters. The maximum atomic E-state index is 5.46. The van der Waals surface area contributed by atoms with E-state index < -0.39 is 0 Å². The van der Waals surface area contributed by atoms with Gasteiger partial charge in [0.2, 0.25) is 0 Å². The average Bonchev–Trinajstić information content (AvgIpc) is 2.89. The summed E-state index contributed by atoms with van der Waals surface area (Å²) in [7, 11) is 0. The van der Waals surface area contributed by atoms with Crippen LogP contribution in [0.5, 0.6) is 0 Å². The van der Waals surface area contributed by atoms with Crippen LogP contribution in [0, 0.1) is 0 Å². The van der Waals surface area contributed by atoms with E-state index in [0.29, 0.717) is 0 Å². The third-order valence-corrected chi connectivity index (χ3v) is 2.52. The molecule has 2 bridgehead atoms. The van der Waals surface area contributed by atoms with E-state index >= 15 is 0 Å². The zero-order chi connectivity index (χ0) is 10.1. The number of nitrogens with one attached hydrogen (secondary N) is 1. The minimum absolute atomic E-state index is 0.813. The van der Waals surface area contributed by atoms with Gasteiger partial charge in [0.25, 0.3) is 0 Å². The van der Waals surface area contributed by atoms with E-state index in [4.69, 9.17) is 4.42 Å². The lowest BCUT2D eigenvalue weighted by molar-refractivity contribution is 0.673. The molecular weight excluding hydrogens is 186 g/mol. The third kappa shape index (κ3) is 1.54. The Morgan fingerprint density at radius 3 is 2.53 bits per heavy atom. The van der Waals surface area contributed by atoms with Gasteiger partial charge in [-0.15, -0.1) is 0 Å². The number of rotatable bonds is 3. The quantitative estimate of drug-likeness (QED) is 0.695. The van der Waals surface area contributed by atoms with Gasteiger partial charge in [-0.25, -0.2) is 0 Å². The van der Waals surface area contributed by atoms with Crippen molar-refractivity contribution < 1.29 is 4.42 Å². The molecule has 0 saturated carbocycles. The molecule has 0 atom stereocenters. The highest BCUT2D eigenvalue weighted by molar-refractivity contribution is 5.66. The normalized spacial score (nSPS) is 10.9. The fourth-order valence-corrected chi connectivity index (χ4v) is 1.74. The highest BCUT2D eigenvalue weighted by atomic mass is 16.3. The Bertz CT molecular complexity index is 541. The fourth-order valence-electron chi connectivity index (χ4n) is 1.74. The van der Waals surface area contributed by atoms with Crippen molar-refractivity contribution in [1.29, 1.82) is 0 Å². The molecule has 74 valence electrons. The van der Waals surface area contributed by atoms with Gasteiger partial charge < -0.3 is 9.73 Å². The van der Waals surface area contributed by atoms with Gasteiger partial charge in [-0.3, -0.25) is 0 Å². The molecule has 0 saturated heterocycles. The Labute approximate surface area is 87.9 Å². The van der Waals surface area contributed by atoms with Crippen LogP contribution in [-0.4, -0.2) is 0 Å². The average molecular weight is 197 g/mol. The van der Waals surface area contributed by atoms with Crippen molar-refractivity contribution in [1.82, 2.24) is 0 Å².